The average molecular weight is 300 g/mol. The monoisotopic (exact) mass is 300 g/mol. The first-order valence-electron chi connectivity index (χ1n) is 9.16. The summed E-state index contributed by atoms with van der Waals surface area (Å²) in [6, 6.07) is 0. The highest BCUT2D eigenvalue weighted by molar-refractivity contribution is 5.91. The summed E-state index contributed by atoms with van der Waals surface area (Å²) in [5, 5.41) is 10.7. The summed E-state index contributed by atoms with van der Waals surface area (Å²) >= 11 is 0. The molecule has 3 saturated carbocycles. The van der Waals surface area contributed by atoms with Crippen molar-refractivity contribution in [3.05, 3.63) is 23.8 Å². The van der Waals surface area contributed by atoms with Gasteiger partial charge in [-0.05, 0) is 74.7 Å². The van der Waals surface area contributed by atoms with Crippen molar-refractivity contribution >= 4 is 5.78 Å². The number of fused-ring (bicyclic) bond motifs is 5. The third kappa shape index (κ3) is 1.86. The molecule has 6 atom stereocenters. The van der Waals surface area contributed by atoms with Gasteiger partial charge in [0, 0.05) is 11.8 Å². The van der Waals surface area contributed by atoms with Gasteiger partial charge in [0.15, 0.2) is 5.78 Å². The van der Waals surface area contributed by atoms with E-state index >= 15 is 0 Å². The third-order valence-corrected chi connectivity index (χ3v) is 7.54. The zero-order chi connectivity index (χ0) is 15.5. The Balaban J connectivity index is 1.70. The normalized spacial score (nSPS) is 47.5. The summed E-state index contributed by atoms with van der Waals surface area (Å²) in [6.45, 7) is 6.73. The van der Waals surface area contributed by atoms with E-state index in [1.165, 1.54) is 24.0 Å². The number of aliphatic hydroxyl groups excluding tert-OH is 1. The fraction of sp³-hybridized carbons (Fsp3) is 0.750. The van der Waals surface area contributed by atoms with Gasteiger partial charge < -0.3 is 5.11 Å². The van der Waals surface area contributed by atoms with Crippen LogP contribution in [-0.2, 0) is 4.79 Å². The third-order valence-electron chi connectivity index (χ3n) is 7.54. The van der Waals surface area contributed by atoms with Crippen molar-refractivity contribution in [2.45, 2.75) is 64.4 Å². The van der Waals surface area contributed by atoms with Crippen LogP contribution in [0.4, 0.5) is 0 Å². The Hall–Kier alpha value is -0.890. The topological polar surface area (TPSA) is 37.3 Å². The molecule has 0 aromatic heterocycles. The summed E-state index contributed by atoms with van der Waals surface area (Å²) in [5.41, 5.74) is 2.87. The summed E-state index contributed by atoms with van der Waals surface area (Å²) in [6.07, 6.45) is 10.1. The van der Waals surface area contributed by atoms with E-state index in [4.69, 9.17) is 0 Å². The smallest absolute Gasteiger partial charge is 0.155 e. The predicted molar refractivity (Wildman–Crippen MR) is 87.2 cm³/mol. The van der Waals surface area contributed by atoms with Gasteiger partial charge in [-0.15, -0.1) is 0 Å². The van der Waals surface area contributed by atoms with Crippen LogP contribution in [-0.4, -0.2) is 17.0 Å². The van der Waals surface area contributed by atoms with Crippen LogP contribution in [0.5, 0.6) is 0 Å². The number of carbonyl (C=O) groups excluding carboxylic acids is 1. The molecule has 0 aromatic rings. The van der Waals surface area contributed by atoms with Crippen LogP contribution in [0, 0.1) is 29.1 Å². The van der Waals surface area contributed by atoms with Crippen LogP contribution in [0.3, 0.4) is 0 Å². The molecule has 2 nitrogen and oxygen atoms in total. The molecule has 0 unspecified atom stereocenters. The second kappa shape index (κ2) is 5.06. The molecule has 2 heteroatoms. The molecule has 3 fully saturated rings. The summed E-state index contributed by atoms with van der Waals surface area (Å²) in [7, 11) is 0. The average Bonchev–Trinajstić information content (AvgIpc) is 2.84. The Kier molecular flexibility index (Phi) is 3.38. The summed E-state index contributed by atoms with van der Waals surface area (Å²) in [5.74, 6) is 2.82. The van der Waals surface area contributed by atoms with Gasteiger partial charge in [0.2, 0.25) is 0 Å². The second-order valence-electron chi connectivity index (χ2n) is 8.18. The van der Waals surface area contributed by atoms with Gasteiger partial charge in [0.25, 0.3) is 0 Å². The van der Waals surface area contributed by atoms with Gasteiger partial charge >= 0.3 is 0 Å². The van der Waals surface area contributed by atoms with Gasteiger partial charge in [-0.3, -0.25) is 4.79 Å². The summed E-state index contributed by atoms with van der Waals surface area (Å²) < 4.78 is 0. The molecule has 0 amide bonds. The molecule has 0 radical (unpaired) electrons. The molecule has 0 heterocycles. The lowest BCUT2D eigenvalue weighted by Crippen LogP contribution is -2.49. The quantitative estimate of drug-likeness (QED) is 0.742. The Morgan fingerprint density at radius 2 is 2.09 bits per heavy atom. The molecule has 4 rings (SSSR count). The van der Waals surface area contributed by atoms with E-state index in [9.17, 15) is 9.90 Å². The molecule has 0 saturated heterocycles. The second-order valence-corrected chi connectivity index (χ2v) is 8.18. The molecular weight excluding hydrogens is 272 g/mol. The van der Waals surface area contributed by atoms with Gasteiger partial charge in [-0.25, -0.2) is 0 Å². The predicted octanol–water partition coefficient (Wildman–Crippen LogP) is 4.05. The minimum absolute atomic E-state index is 0.101. The number of rotatable bonds is 1. The maximum absolute atomic E-state index is 11.8. The van der Waals surface area contributed by atoms with E-state index < -0.39 is 0 Å². The highest BCUT2D eigenvalue weighted by atomic mass is 16.3. The van der Waals surface area contributed by atoms with Crippen molar-refractivity contribution in [3.63, 3.8) is 0 Å². The lowest BCUT2D eigenvalue weighted by molar-refractivity contribution is -0.115. The van der Waals surface area contributed by atoms with Crippen molar-refractivity contribution in [3.8, 4) is 0 Å². The van der Waals surface area contributed by atoms with Crippen molar-refractivity contribution in [1.29, 1.82) is 0 Å². The van der Waals surface area contributed by atoms with Crippen molar-refractivity contribution in [2.24, 2.45) is 29.1 Å². The molecule has 0 spiro atoms. The molecule has 120 valence electrons. The molecule has 4 aliphatic rings. The highest BCUT2D eigenvalue weighted by Crippen LogP contribution is 2.64. The van der Waals surface area contributed by atoms with Gasteiger partial charge in [-0.2, -0.15) is 0 Å². The molecule has 0 aromatic carbocycles. The molecule has 4 aliphatic carbocycles. The fourth-order valence-corrected chi connectivity index (χ4v) is 6.60. The molecule has 1 N–H and O–H groups in total. The number of ketones is 1. The lowest BCUT2D eigenvalue weighted by atomic mass is 9.50. The fourth-order valence-electron chi connectivity index (χ4n) is 6.60. The number of hydrogen-bond donors (Lipinski definition) is 1. The van der Waals surface area contributed by atoms with Gasteiger partial charge in [0.05, 0.1) is 6.10 Å². The minimum Gasteiger partial charge on any atom is -0.393 e. The standard InChI is InChI=1S/C20H28O2/c1-3-20-11-12(2)19-15-7-5-14(21)10-13(15)4-6-16(19)17(20)8-9-18(20)22/h10,15-19,22H,2-9,11H2,1H3/t15-,16-,17-,18+,19+,20-/m0/s1. The first kappa shape index (κ1) is 14.7. The highest BCUT2D eigenvalue weighted by Gasteiger charge is 2.58. The zero-order valence-corrected chi connectivity index (χ0v) is 13.7. The Morgan fingerprint density at radius 1 is 1.27 bits per heavy atom. The SMILES string of the molecule is C=C1C[C@]2(CC)[C@H](O)CC[C@H]2[C@@H]2CCC3=CC(=O)CC[C@@H]3[C@@H]12. The maximum atomic E-state index is 11.8. The molecule has 0 aliphatic heterocycles. The minimum atomic E-state index is -0.134. The largest absolute Gasteiger partial charge is 0.393 e. The van der Waals surface area contributed by atoms with E-state index in [2.05, 4.69) is 13.5 Å². The van der Waals surface area contributed by atoms with E-state index in [0.29, 0.717) is 29.5 Å². The van der Waals surface area contributed by atoms with Crippen LogP contribution >= 0.6 is 0 Å². The lowest BCUT2D eigenvalue weighted by Gasteiger charge is -2.55. The molecular formula is C20H28O2. The van der Waals surface area contributed by atoms with Crippen LogP contribution in [0.1, 0.15) is 58.3 Å². The van der Waals surface area contributed by atoms with Gasteiger partial charge in [-0.1, -0.05) is 24.6 Å². The van der Waals surface area contributed by atoms with Crippen molar-refractivity contribution < 1.29 is 9.90 Å². The van der Waals surface area contributed by atoms with Crippen LogP contribution in [0.2, 0.25) is 0 Å². The first-order valence-corrected chi connectivity index (χ1v) is 9.16. The molecule has 22 heavy (non-hydrogen) atoms. The zero-order valence-electron chi connectivity index (χ0n) is 13.7. The van der Waals surface area contributed by atoms with Gasteiger partial charge in [0.1, 0.15) is 0 Å². The number of carbonyl (C=O) groups is 1. The maximum Gasteiger partial charge on any atom is 0.155 e. The number of hydrogen-bond acceptors (Lipinski definition) is 2. The Labute approximate surface area is 133 Å². The first-order chi connectivity index (χ1) is 10.6. The summed E-state index contributed by atoms with van der Waals surface area (Å²) in [4.78, 5) is 11.8. The Morgan fingerprint density at radius 3 is 2.86 bits per heavy atom. The number of allylic oxidation sites excluding steroid dienone is 2. The van der Waals surface area contributed by atoms with E-state index in [1.54, 1.807) is 0 Å². The van der Waals surface area contributed by atoms with Crippen LogP contribution in [0.25, 0.3) is 0 Å². The van der Waals surface area contributed by atoms with E-state index in [-0.39, 0.29) is 11.5 Å². The Bertz CT molecular complexity index is 546. The number of aliphatic hydroxyl groups is 1. The van der Waals surface area contributed by atoms with Crippen molar-refractivity contribution in [1.82, 2.24) is 0 Å². The molecule has 0 bridgehead atoms. The van der Waals surface area contributed by atoms with E-state index in [1.807, 2.05) is 6.08 Å². The van der Waals surface area contributed by atoms with E-state index in [0.717, 1.165) is 38.5 Å². The van der Waals surface area contributed by atoms with Crippen LogP contribution in [0.15, 0.2) is 23.8 Å². The van der Waals surface area contributed by atoms with Crippen LogP contribution < -0.4 is 0 Å². The van der Waals surface area contributed by atoms with Crippen molar-refractivity contribution in [2.75, 3.05) is 0 Å².